The number of halogens is 1. The number of nitrogens with zero attached hydrogens (tertiary/aromatic N) is 3. The van der Waals surface area contributed by atoms with E-state index in [0.29, 0.717) is 31.6 Å². The summed E-state index contributed by atoms with van der Waals surface area (Å²) in [7, 11) is 0. The number of carbonyl (C=O) groups is 1. The topological polar surface area (TPSA) is 108 Å². The molecule has 0 spiro atoms. The maximum absolute atomic E-state index is 12.4. The van der Waals surface area contributed by atoms with Gasteiger partial charge in [-0.3, -0.25) is 14.9 Å². The summed E-state index contributed by atoms with van der Waals surface area (Å²) in [5, 5.41) is 16.9. The second kappa shape index (κ2) is 6.55. The Bertz CT molecular complexity index is 682. The van der Waals surface area contributed by atoms with Crippen molar-refractivity contribution < 1.29 is 9.90 Å². The van der Waals surface area contributed by atoms with Crippen molar-refractivity contribution in [3.63, 3.8) is 0 Å². The van der Waals surface area contributed by atoms with Crippen LogP contribution < -0.4 is 5.73 Å². The molecule has 2 aromatic heterocycles. The molecule has 1 atom stereocenters. The van der Waals surface area contributed by atoms with Crippen molar-refractivity contribution in [3.8, 4) is 0 Å². The summed E-state index contributed by atoms with van der Waals surface area (Å²) in [4.78, 5) is 18.3. The number of nitrogen functional groups attached to an aromatic ring is 1. The van der Waals surface area contributed by atoms with E-state index in [1.165, 1.54) is 0 Å². The number of aromatic amines is 1. The van der Waals surface area contributed by atoms with Crippen LogP contribution in [0, 0.1) is 5.92 Å². The number of likely N-dealkylation sites (tertiary alicyclic amines) is 1. The fourth-order valence-corrected chi connectivity index (χ4v) is 3.02. The number of nitrogens with two attached hydrogens (primary N) is 1. The van der Waals surface area contributed by atoms with Crippen LogP contribution in [0.25, 0.3) is 0 Å². The first kappa shape index (κ1) is 15.8. The molecule has 7 nitrogen and oxygen atoms in total. The number of piperidine rings is 1. The normalized spacial score (nSPS) is 17.2. The van der Waals surface area contributed by atoms with Crippen LogP contribution in [-0.2, 0) is 0 Å². The Labute approximate surface area is 138 Å². The lowest BCUT2D eigenvalue weighted by atomic mass is 9.89. The molecule has 8 heteroatoms. The van der Waals surface area contributed by atoms with Gasteiger partial charge >= 0.3 is 0 Å². The number of amides is 1. The number of H-pyrrole nitrogens is 1. The third-order valence-electron chi connectivity index (χ3n) is 4.21. The maximum Gasteiger partial charge on any atom is 0.273 e. The number of anilines is 1. The molecule has 1 saturated heterocycles. The number of hydrogen-bond acceptors (Lipinski definition) is 5. The van der Waals surface area contributed by atoms with Crippen LogP contribution in [0.2, 0.25) is 5.02 Å². The molecule has 4 N–H and O–H groups in total. The second-order valence-corrected chi connectivity index (χ2v) is 6.00. The number of aromatic nitrogens is 3. The van der Waals surface area contributed by atoms with Crippen LogP contribution in [0.4, 0.5) is 5.82 Å². The molecular weight excluding hydrogens is 318 g/mol. The van der Waals surface area contributed by atoms with Gasteiger partial charge in [-0.1, -0.05) is 17.7 Å². The predicted octanol–water partition coefficient (Wildman–Crippen LogP) is 1.63. The van der Waals surface area contributed by atoms with E-state index in [4.69, 9.17) is 17.3 Å². The van der Waals surface area contributed by atoms with Crippen molar-refractivity contribution >= 4 is 23.3 Å². The first-order chi connectivity index (χ1) is 11.1. The van der Waals surface area contributed by atoms with E-state index in [9.17, 15) is 9.90 Å². The van der Waals surface area contributed by atoms with E-state index in [-0.39, 0.29) is 28.4 Å². The van der Waals surface area contributed by atoms with Gasteiger partial charge in [0.15, 0.2) is 5.82 Å². The largest absolute Gasteiger partial charge is 0.387 e. The van der Waals surface area contributed by atoms with E-state index in [0.717, 1.165) is 0 Å². The van der Waals surface area contributed by atoms with Gasteiger partial charge in [0.05, 0.1) is 11.8 Å². The highest BCUT2D eigenvalue weighted by Crippen LogP contribution is 2.31. The van der Waals surface area contributed by atoms with E-state index in [2.05, 4.69) is 15.2 Å². The molecule has 3 heterocycles. The monoisotopic (exact) mass is 335 g/mol. The van der Waals surface area contributed by atoms with Gasteiger partial charge in [-0.05, 0) is 30.9 Å². The van der Waals surface area contributed by atoms with Crippen LogP contribution in [-0.4, -0.2) is 44.2 Å². The standard InChI is InChI=1S/C15H18ClN5O2/c16-11-12(19-20-14(11)17)15(23)21-7-4-9(5-8-21)13(22)10-3-1-2-6-18-10/h1-3,6,9,13,22H,4-5,7-8H2,(H3,17,19,20). The average molecular weight is 336 g/mol. The number of aliphatic hydroxyl groups is 1. The van der Waals surface area contributed by atoms with Crippen LogP contribution >= 0.6 is 11.6 Å². The minimum atomic E-state index is -0.611. The lowest BCUT2D eigenvalue weighted by molar-refractivity contribution is 0.0444. The fraction of sp³-hybridized carbons (Fsp3) is 0.400. The molecule has 1 aliphatic heterocycles. The molecule has 23 heavy (non-hydrogen) atoms. The smallest absolute Gasteiger partial charge is 0.273 e. The number of aliphatic hydroxyl groups excluding tert-OH is 1. The van der Waals surface area contributed by atoms with E-state index in [1.54, 1.807) is 11.1 Å². The van der Waals surface area contributed by atoms with Crippen LogP contribution in [0.1, 0.15) is 35.1 Å². The van der Waals surface area contributed by atoms with Gasteiger partial charge in [0, 0.05) is 19.3 Å². The lowest BCUT2D eigenvalue weighted by Gasteiger charge is -2.33. The van der Waals surface area contributed by atoms with E-state index >= 15 is 0 Å². The highest BCUT2D eigenvalue weighted by molar-refractivity contribution is 6.35. The molecule has 2 aromatic rings. The minimum Gasteiger partial charge on any atom is -0.387 e. The van der Waals surface area contributed by atoms with Crippen molar-refractivity contribution in [1.82, 2.24) is 20.1 Å². The van der Waals surface area contributed by atoms with Crippen molar-refractivity contribution in [2.75, 3.05) is 18.8 Å². The third-order valence-corrected chi connectivity index (χ3v) is 4.59. The quantitative estimate of drug-likeness (QED) is 0.790. The van der Waals surface area contributed by atoms with E-state index < -0.39 is 6.10 Å². The van der Waals surface area contributed by atoms with Crippen molar-refractivity contribution in [2.45, 2.75) is 18.9 Å². The first-order valence-corrected chi connectivity index (χ1v) is 7.83. The van der Waals surface area contributed by atoms with Gasteiger partial charge in [0.25, 0.3) is 5.91 Å². The summed E-state index contributed by atoms with van der Waals surface area (Å²) in [5.74, 6) is -0.0169. The number of carbonyl (C=O) groups excluding carboxylic acids is 1. The summed E-state index contributed by atoms with van der Waals surface area (Å²) in [6.07, 6.45) is 2.46. The van der Waals surface area contributed by atoms with Crippen LogP contribution in [0.15, 0.2) is 24.4 Å². The zero-order valence-electron chi connectivity index (χ0n) is 12.4. The summed E-state index contributed by atoms with van der Waals surface area (Å²) in [6.45, 7) is 1.09. The molecule has 0 bridgehead atoms. The molecule has 0 aromatic carbocycles. The molecule has 0 radical (unpaired) electrons. The number of hydrogen-bond donors (Lipinski definition) is 3. The zero-order chi connectivity index (χ0) is 16.4. The Hall–Kier alpha value is -2.12. The van der Waals surface area contributed by atoms with Crippen molar-refractivity contribution in [1.29, 1.82) is 0 Å². The maximum atomic E-state index is 12.4. The minimum absolute atomic E-state index is 0.0799. The molecule has 1 fully saturated rings. The summed E-state index contributed by atoms with van der Waals surface area (Å²) >= 11 is 5.97. The van der Waals surface area contributed by atoms with Gasteiger partial charge in [-0.25, -0.2) is 0 Å². The van der Waals surface area contributed by atoms with Gasteiger partial charge in [-0.2, -0.15) is 5.10 Å². The lowest BCUT2D eigenvalue weighted by Crippen LogP contribution is -2.40. The Morgan fingerprint density at radius 1 is 1.43 bits per heavy atom. The Kier molecular flexibility index (Phi) is 4.49. The van der Waals surface area contributed by atoms with Crippen LogP contribution in [0.5, 0.6) is 0 Å². The van der Waals surface area contributed by atoms with Crippen LogP contribution in [0.3, 0.4) is 0 Å². The van der Waals surface area contributed by atoms with Gasteiger partial charge in [-0.15, -0.1) is 0 Å². The summed E-state index contributed by atoms with van der Waals surface area (Å²) < 4.78 is 0. The summed E-state index contributed by atoms with van der Waals surface area (Å²) in [6, 6.07) is 5.49. The molecular formula is C15H18ClN5O2. The Morgan fingerprint density at radius 3 is 2.74 bits per heavy atom. The highest BCUT2D eigenvalue weighted by Gasteiger charge is 2.30. The van der Waals surface area contributed by atoms with Gasteiger partial charge in [0.1, 0.15) is 10.7 Å². The van der Waals surface area contributed by atoms with Gasteiger partial charge in [0.2, 0.25) is 0 Å². The van der Waals surface area contributed by atoms with Gasteiger partial charge < -0.3 is 15.7 Å². The second-order valence-electron chi connectivity index (χ2n) is 5.63. The Morgan fingerprint density at radius 2 is 2.17 bits per heavy atom. The third kappa shape index (κ3) is 3.16. The average Bonchev–Trinajstić information content (AvgIpc) is 2.94. The number of pyridine rings is 1. The molecule has 0 aliphatic carbocycles. The van der Waals surface area contributed by atoms with Crippen molar-refractivity contribution in [3.05, 3.63) is 40.8 Å². The molecule has 1 amide bonds. The Balaban J connectivity index is 1.62. The molecule has 1 aliphatic rings. The van der Waals surface area contributed by atoms with E-state index in [1.807, 2.05) is 18.2 Å². The zero-order valence-corrected chi connectivity index (χ0v) is 13.2. The highest BCUT2D eigenvalue weighted by atomic mass is 35.5. The summed E-state index contributed by atoms with van der Waals surface area (Å²) in [5.41, 5.74) is 6.43. The molecule has 122 valence electrons. The molecule has 0 saturated carbocycles. The molecule has 3 rings (SSSR count). The fourth-order valence-electron chi connectivity index (χ4n) is 2.85. The van der Waals surface area contributed by atoms with Crippen molar-refractivity contribution in [2.24, 2.45) is 5.92 Å². The SMILES string of the molecule is Nc1n[nH]c(C(=O)N2CCC(C(O)c3ccccn3)CC2)c1Cl. The predicted molar refractivity (Wildman–Crippen MR) is 85.8 cm³/mol. The molecule has 1 unspecified atom stereocenters. The number of nitrogens with one attached hydrogen (secondary N) is 1. The number of rotatable bonds is 3. The first-order valence-electron chi connectivity index (χ1n) is 7.45.